The number of nitrogens with two attached hydrogens (primary N) is 1. The Labute approximate surface area is 84.0 Å². The maximum atomic E-state index is 11.8. The molecule has 0 saturated heterocycles. The summed E-state index contributed by atoms with van der Waals surface area (Å²) in [6, 6.07) is 1.17. The van der Waals surface area contributed by atoms with Gasteiger partial charge < -0.3 is 5.73 Å². The molecule has 0 amide bonds. The molecule has 2 N–H and O–H groups in total. The van der Waals surface area contributed by atoms with Crippen LogP contribution in [0, 0.1) is 0 Å². The summed E-state index contributed by atoms with van der Waals surface area (Å²) in [6.45, 7) is 0. The van der Waals surface area contributed by atoms with Crippen LogP contribution in [0.25, 0.3) is 0 Å². The number of anilines is 1. The maximum absolute atomic E-state index is 11.8. The van der Waals surface area contributed by atoms with Gasteiger partial charge in [0.15, 0.2) is 5.82 Å². The van der Waals surface area contributed by atoms with Crippen molar-refractivity contribution in [2.45, 2.75) is 10.5 Å². The minimum absolute atomic E-state index is 0.0616. The van der Waals surface area contributed by atoms with Crippen molar-refractivity contribution >= 4 is 33.5 Å². The first-order valence-corrected chi connectivity index (χ1v) is 4.54. The summed E-state index contributed by atoms with van der Waals surface area (Å²) < 4.78 is 35.8. The van der Waals surface area contributed by atoms with Gasteiger partial charge in [-0.25, -0.2) is 0 Å². The highest BCUT2D eigenvalue weighted by Crippen LogP contribution is 2.36. The average molecular weight is 274 g/mol. The normalized spacial score (nSPS) is 11.7. The second-order valence-corrected chi connectivity index (χ2v) is 3.90. The van der Waals surface area contributed by atoms with E-state index in [2.05, 4.69) is 26.1 Å². The van der Waals surface area contributed by atoms with Crippen LogP contribution in [-0.4, -0.2) is 15.7 Å². The molecular formula is C5H3BrF3N3S. The molecule has 72 valence electrons. The van der Waals surface area contributed by atoms with Crippen LogP contribution < -0.4 is 5.73 Å². The van der Waals surface area contributed by atoms with Crippen molar-refractivity contribution in [3.63, 3.8) is 0 Å². The Kier molecular flexibility index (Phi) is 3.01. The molecule has 0 aliphatic rings. The zero-order valence-electron chi connectivity index (χ0n) is 5.97. The van der Waals surface area contributed by atoms with E-state index in [1.807, 2.05) is 0 Å². The highest BCUT2D eigenvalue weighted by Gasteiger charge is 2.30. The molecule has 8 heteroatoms. The van der Waals surface area contributed by atoms with E-state index in [0.717, 1.165) is 0 Å². The molecule has 1 heterocycles. The highest BCUT2D eigenvalue weighted by atomic mass is 79.9. The van der Waals surface area contributed by atoms with Crippen LogP contribution in [0.4, 0.5) is 19.0 Å². The molecule has 0 bridgehead atoms. The van der Waals surface area contributed by atoms with E-state index in [1.54, 1.807) is 0 Å². The van der Waals surface area contributed by atoms with Crippen LogP contribution in [0.15, 0.2) is 15.6 Å². The molecule has 0 spiro atoms. The summed E-state index contributed by atoms with van der Waals surface area (Å²) in [5.41, 5.74) is 0.885. The van der Waals surface area contributed by atoms with Crippen molar-refractivity contribution in [3.8, 4) is 0 Å². The van der Waals surface area contributed by atoms with E-state index in [1.165, 1.54) is 6.07 Å². The van der Waals surface area contributed by atoms with Crippen molar-refractivity contribution in [2.24, 2.45) is 0 Å². The summed E-state index contributed by atoms with van der Waals surface area (Å²) in [4.78, 5) is 0. The highest BCUT2D eigenvalue weighted by molar-refractivity contribution is 9.10. The Morgan fingerprint density at radius 2 is 2.00 bits per heavy atom. The monoisotopic (exact) mass is 273 g/mol. The number of thioether (sulfide) groups is 1. The lowest BCUT2D eigenvalue weighted by molar-refractivity contribution is -0.0329. The third-order valence-electron chi connectivity index (χ3n) is 0.971. The largest absolute Gasteiger partial charge is 0.447 e. The quantitative estimate of drug-likeness (QED) is 0.799. The maximum Gasteiger partial charge on any atom is 0.447 e. The summed E-state index contributed by atoms with van der Waals surface area (Å²) in [5.74, 6) is 0.0616. The molecule has 0 saturated carbocycles. The number of halogens is 4. The third-order valence-corrected chi connectivity index (χ3v) is 2.25. The number of hydrogen-bond donors (Lipinski definition) is 1. The van der Waals surface area contributed by atoms with E-state index in [4.69, 9.17) is 5.73 Å². The van der Waals surface area contributed by atoms with E-state index < -0.39 is 5.51 Å². The first-order chi connectivity index (χ1) is 5.88. The summed E-state index contributed by atoms with van der Waals surface area (Å²) >= 11 is 2.61. The predicted molar refractivity (Wildman–Crippen MR) is 46.1 cm³/mol. The van der Waals surface area contributed by atoms with Crippen molar-refractivity contribution < 1.29 is 13.2 Å². The lowest BCUT2D eigenvalue weighted by Crippen LogP contribution is -2.02. The average Bonchev–Trinajstić information content (AvgIpc) is 1.94. The Morgan fingerprint density at radius 1 is 1.38 bits per heavy atom. The van der Waals surface area contributed by atoms with E-state index in [9.17, 15) is 13.2 Å². The standard InChI is InChI=1S/C5H3BrF3N3S/c6-2-1-3(11-12-4(2)10)13-5(7,8)9/h1H,(H2,10,12). The van der Waals surface area contributed by atoms with Gasteiger partial charge in [-0.1, -0.05) is 0 Å². The van der Waals surface area contributed by atoms with Gasteiger partial charge in [-0.05, 0) is 22.0 Å². The number of alkyl halides is 3. The minimum atomic E-state index is -4.36. The van der Waals surface area contributed by atoms with E-state index in [-0.39, 0.29) is 22.6 Å². The Balaban J connectivity index is 2.86. The first-order valence-electron chi connectivity index (χ1n) is 2.93. The molecule has 1 rings (SSSR count). The Morgan fingerprint density at radius 3 is 2.46 bits per heavy atom. The molecule has 0 unspecified atom stereocenters. The van der Waals surface area contributed by atoms with Crippen LogP contribution >= 0.6 is 27.7 Å². The van der Waals surface area contributed by atoms with Crippen molar-refractivity contribution in [1.29, 1.82) is 0 Å². The number of nitrogen functional groups attached to an aromatic ring is 1. The van der Waals surface area contributed by atoms with Gasteiger partial charge in [-0.15, -0.1) is 10.2 Å². The second-order valence-electron chi connectivity index (χ2n) is 1.96. The molecule has 3 nitrogen and oxygen atoms in total. The minimum Gasteiger partial charge on any atom is -0.381 e. The summed E-state index contributed by atoms with van der Waals surface area (Å²) in [5, 5.41) is 6.34. The predicted octanol–water partition coefficient (Wildman–Crippen LogP) is 2.43. The van der Waals surface area contributed by atoms with Gasteiger partial charge in [0.05, 0.1) is 4.47 Å². The second kappa shape index (κ2) is 3.70. The molecule has 0 aromatic carbocycles. The fraction of sp³-hybridized carbons (Fsp3) is 0.200. The zero-order chi connectivity index (χ0) is 10.1. The number of nitrogens with zero attached hydrogens (tertiary/aromatic N) is 2. The molecule has 1 aromatic rings. The lowest BCUT2D eigenvalue weighted by Gasteiger charge is -2.04. The van der Waals surface area contributed by atoms with Crippen molar-refractivity contribution in [3.05, 3.63) is 10.5 Å². The van der Waals surface area contributed by atoms with Crippen LogP contribution in [0.1, 0.15) is 0 Å². The van der Waals surface area contributed by atoms with Crippen LogP contribution in [0.5, 0.6) is 0 Å². The van der Waals surface area contributed by atoms with Crippen molar-refractivity contribution in [2.75, 3.05) is 5.73 Å². The molecule has 0 atom stereocenters. The Bertz CT molecular complexity index is 316. The molecule has 1 aromatic heterocycles. The molecule has 0 aliphatic heterocycles. The smallest absolute Gasteiger partial charge is 0.381 e. The molecular weight excluding hydrogens is 271 g/mol. The van der Waals surface area contributed by atoms with Crippen LogP contribution in [0.3, 0.4) is 0 Å². The fourth-order valence-corrected chi connectivity index (χ4v) is 1.47. The molecule has 0 aliphatic carbocycles. The van der Waals surface area contributed by atoms with Gasteiger partial charge in [-0.2, -0.15) is 13.2 Å². The Hall–Kier alpha value is -0.500. The molecule has 0 fully saturated rings. The fourth-order valence-electron chi connectivity index (χ4n) is 0.531. The summed E-state index contributed by atoms with van der Waals surface area (Å²) in [7, 11) is 0. The third kappa shape index (κ3) is 3.39. The number of aromatic nitrogens is 2. The summed E-state index contributed by atoms with van der Waals surface area (Å²) in [6.07, 6.45) is 0. The molecule has 13 heavy (non-hydrogen) atoms. The van der Waals surface area contributed by atoms with Crippen LogP contribution in [0.2, 0.25) is 0 Å². The zero-order valence-corrected chi connectivity index (χ0v) is 8.37. The first kappa shape index (κ1) is 10.6. The van der Waals surface area contributed by atoms with Gasteiger partial charge in [-0.3, -0.25) is 0 Å². The van der Waals surface area contributed by atoms with Crippen molar-refractivity contribution in [1.82, 2.24) is 10.2 Å². The number of hydrogen-bond acceptors (Lipinski definition) is 4. The lowest BCUT2D eigenvalue weighted by atomic mass is 10.5. The van der Waals surface area contributed by atoms with Gasteiger partial charge in [0.1, 0.15) is 5.03 Å². The topological polar surface area (TPSA) is 51.8 Å². The van der Waals surface area contributed by atoms with Gasteiger partial charge in [0.2, 0.25) is 0 Å². The SMILES string of the molecule is Nc1nnc(SC(F)(F)F)cc1Br. The van der Waals surface area contributed by atoms with Gasteiger partial charge in [0, 0.05) is 11.8 Å². The van der Waals surface area contributed by atoms with E-state index >= 15 is 0 Å². The van der Waals surface area contributed by atoms with E-state index in [0.29, 0.717) is 4.47 Å². The molecule has 0 radical (unpaired) electrons. The van der Waals surface area contributed by atoms with Crippen LogP contribution in [-0.2, 0) is 0 Å². The van der Waals surface area contributed by atoms with Gasteiger partial charge in [0.25, 0.3) is 0 Å². The van der Waals surface area contributed by atoms with Gasteiger partial charge >= 0.3 is 5.51 Å². The number of rotatable bonds is 1.